The van der Waals surface area contributed by atoms with Gasteiger partial charge in [0.05, 0.1) is 31.8 Å². The molecule has 0 fully saturated rings. The Morgan fingerprint density at radius 1 is 0.750 bits per heavy atom. The SMILES string of the molecule is C[N+](C)(SCCC(F)(F)C(F)(F)C(F)(F)C(F)(F)C(F)(F)C(F)(F)F)C(=O)O. The Hall–Kier alpha value is -1.13. The molecule has 0 rings (SSSR count). The summed E-state index contributed by atoms with van der Waals surface area (Å²) in [5.41, 5.74) is 0. The van der Waals surface area contributed by atoms with Crippen LogP contribution in [0.3, 0.4) is 0 Å². The lowest BCUT2D eigenvalue weighted by atomic mass is 9.93. The summed E-state index contributed by atoms with van der Waals surface area (Å²) in [6.45, 7) is 0. The first-order chi connectivity index (χ1) is 11.9. The molecule has 0 aromatic carbocycles. The molecule has 0 aromatic heterocycles. The summed E-state index contributed by atoms with van der Waals surface area (Å²) >= 11 is -0.0782. The van der Waals surface area contributed by atoms with Crippen LogP contribution in [0.1, 0.15) is 6.42 Å². The smallest absolute Gasteiger partial charge is 0.435 e. The van der Waals surface area contributed by atoms with Crippen LogP contribution >= 0.6 is 11.9 Å². The first kappa shape index (κ1) is 26.9. The Balaban J connectivity index is 5.83. The van der Waals surface area contributed by atoms with Crippen molar-refractivity contribution in [2.75, 3.05) is 19.8 Å². The van der Waals surface area contributed by atoms with Crippen LogP contribution in [0.25, 0.3) is 0 Å². The molecule has 0 heterocycles. The number of carbonyl (C=O) groups is 1. The van der Waals surface area contributed by atoms with Crippen molar-refractivity contribution in [3.05, 3.63) is 0 Å². The number of amides is 1. The van der Waals surface area contributed by atoms with E-state index >= 15 is 0 Å². The maximum absolute atomic E-state index is 13.4. The Morgan fingerprint density at radius 2 is 1.11 bits per heavy atom. The first-order valence-corrected chi connectivity index (χ1v) is 7.52. The summed E-state index contributed by atoms with van der Waals surface area (Å²) in [4.78, 5) is 10.7. The van der Waals surface area contributed by atoms with E-state index in [1.54, 1.807) is 0 Å². The largest absolute Gasteiger partial charge is 0.525 e. The van der Waals surface area contributed by atoms with Crippen LogP contribution in [0.4, 0.5) is 61.9 Å². The van der Waals surface area contributed by atoms with Crippen LogP contribution in [0.15, 0.2) is 0 Å². The van der Waals surface area contributed by atoms with Crippen LogP contribution in [-0.2, 0) is 0 Å². The second-order valence-corrected chi connectivity index (χ2v) is 7.30. The zero-order valence-electron chi connectivity index (χ0n) is 13.5. The standard InChI is InChI=1S/C11H10F13NO2S/c1-25(2,5(26)27)28-4-3-6(12,13)7(14,15)8(16,17)9(18,19)10(20,21)11(22,23)24/h3-4H2,1-2H3/p+1. The number of nitrogens with zero attached hydrogens (tertiary/aromatic N) is 1. The average molecular weight is 468 g/mol. The fraction of sp³-hybridized carbons (Fsp3) is 0.909. The number of halogens is 13. The third kappa shape index (κ3) is 4.23. The van der Waals surface area contributed by atoms with Crippen molar-refractivity contribution in [2.24, 2.45) is 0 Å². The molecule has 0 bridgehead atoms. The van der Waals surface area contributed by atoms with Gasteiger partial charge in [-0.25, -0.2) is 0 Å². The van der Waals surface area contributed by atoms with Gasteiger partial charge in [-0.2, -0.15) is 65.8 Å². The van der Waals surface area contributed by atoms with Crippen LogP contribution in [0.5, 0.6) is 0 Å². The van der Waals surface area contributed by atoms with E-state index in [-0.39, 0.29) is 11.9 Å². The first-order valence-electron chi connectivity index (χ1n) is 6.58. The lowest BCUT2D eigenvalue weighted by Crippen LogP contribution is -2.70. The molecule has 0 aromatic rings. The summed E-state index contributed by atoms with van der Waals surface area (Å²) in [6, 6.07) is 0. The highest BCUT2D eigenvalue weighted by Crippen LogP contribution is 2.60. The van der Waals surface area contributed by atoms with Gasteiger partial charge < -0.3 is 5.11 Å². The highest BCUT2D eigenvalue weighted by Gasteiger charge is 2.90. The molecular weight excluding hydrogens is 457 g/mol. The molecule has 3 nitrogen and oxygen atoms in total. The molecule has 0 radical (unpaired) electrons. The van der Waals surface area contributed by atoms with Gasteiger partial charge in [0.1, 0.15) is 0 Å². The molecule has 17 heteroatoms. The molecule has 0 unspecified atom stereocenters. The predicted molar refractivity (Wildman–Crippen MR) is 68.0 cm³/mol. The zero-order valence-corrected chi connectivity index (χ0v) is 14.4. The highest BCUT2D eigenvalue weighted by molar-refractivity contribution is 7.94. The van der Waals surface area contributed by atoms with Gasteiger partial charge in [0.25, 0.3) is 0 Å². The van der Waals surface area contributed by atoms with Crippen molar-refractivity contribution in [1.29, 1.82) is 0 Å². The molecule has 0 aliphatic heterocycles. The second-order valence-electron chi connectivity index (χ2n) is 5.72. The minimum Gasteiger partial charge on any atom is -0.435 e. The molecule has 28 heavy (non-hydrogen) atoms. The normalized spacial score (nSPS) is 15.7. The highest BCUT2D eigenvalue weighted by atomic mass is 32.2. The fourth-order valence-electron chi connectivity index (χ4n) is 1.42. The molecule has 168 valence electrons. The van der Waals surface area contributed by atoms with E-state index in [9.17, 15) is 61.9 Å². The van der Waals surface area contributed by atoms with Gasteiger partial charge in [0, 0.05) is 6.42 Å². The van der Waals surface area contributed by atoms with Crippen molar-refractivity contribution in [3.8, 4) is 0 Å². The molecule has 0 aliphatic rings. The van der Waals surface area contributed by atoms with Gasteiger partial charge in [-0.15, -0.1) is 0 Å². The van der Waals surface area contributed by atoms with Crippen LogP contribution in [0.2, 0.25) is 0 Å². The zero-order chi connectivity index (χ0) is 23.2. The maximum Gasteiger partial charge on any atom is 0.525 e. The molecule has 1 amide bonds. The van der Waals surface area contributed by atoms with Crippen molar-refractivity contribution >= 4 is 18.0 Å². The van der Waals surface area contributed by atoms with Gasteiger partial charge >= 0.3 is 41.9 Å². The van der Waals surface area contributed by atoms with E-state index in [1.807, 2.05) is 0 Å². The number of hydrogen-bond donors (Lipinski definition) is 1. The number of hydrogen-bond acceptors (Lipinski definition) is 2. The summed E-state index contributed by atoms with van der Waals surface area (Å²) in [7, 11) is 1.63. The van der Waals surface area contributed by atoms with Crippen molar-refractivity contribution in [2.45, 2.75) is 42.2 Å². The summed E-state index contributed by atoms with van der Waals surface area (Å²) in [5, 5.41) is 8.64. The molecule has 0 saturated carbocycles. The molecule has 1 N–H and O–H groups in total. The minimum atomic E-state index is -7.94. The monoisotopic (exact) mass is 468 g/mol. The topological polar surface area (TPSA) is 37.3 Å². The Bertz CT molecular complexity index is 588. The van der Waals surface area contributed by atoms with Crippen molar-refractivity contribution < 1.29 is 70.9 Å². The van der Waals surface area contributed by atoms with Crippen molar-refractivity contribution in [3.63, 3.8) is 0 Å². The maximum atomic E-state index is 13.4. The van der Waals surface area contributed by atoms with Gasteiger partial charge in [-0.05, 0) is 0 Å². The molecule has 0 saturated heterocycles. The third-order valence-electron chi connectivity index (χ3n) is 3.29. The van der Waals surface area contributed by atoms with Gasteiger partial charge in [-0.1, -0.05) is 0 Å². The van der Waals surface area contributed by atoms with E-state index in [2.05, 4.69) is 0 Å². The Morgan fingerprint density at radius 3 is 1.43 bits per heavy atom. The number of rotatable bonds is 8. The lowest BCUT2D eigenvalue weighted by molar-refractivity contribution is -0.670. The van der Waals surface area contributed by atoms with Crippen molar-refractivity contribution in [1.82, 2.24) is 0 Å². The van der Waals surface area contributed by atoms with E-state index in [0.717, 1.165) is 14.1 Å². The number of carboxylic acid groups (broad SMARTS) is 1. The van der Waals surface area contributed by atoms with Crippen LogP contribution < -0.4 is 0 Å². The Kier molecular flexibility index (Phi) is 6.99. The van der Waals surface area contributed by atoms with E-state index in [1.165, 1.54) is 0 Å². The quantitative estimate of drug-likeness (QED) is 0.290. The Labute approximate surface area is 152 Å². The van der Waals surface area contributed by atoms with Crippen LogP contribution in [0, 0.1) is 0 Å². The summed E-state index contributed by atoms with van der Waals surface area (Å²) < 4.78 is 166. The lowest BCUT2D eigenvalue weighted by Gasteiger charge is -2.39. The molecule has 0 aliphatic carbocycles. The average Bonchev–Trinajstić information content (AvgIpc) is 2.44. The van der Waals surface area contributed by atoms with E-state index in [4.69, 9.17) is 5.11 Å². The number of alkyl halides is 13. The summed E-state index contributed by atoms with van der Waals surface area (Å²) in [5.74, 6) is -38.5. The third-order valence-corrected chi connectivity index (χ3v) is 4.48. The van der Waals surface area contributed by atoms with E-state index < -0.39 is 57.9 Å². The second kappa shape index (κ2) is 7.28. The fourth-order valence-corrected chi connectivity index (χ4v) is 2.33. The molecular formula is C11H11F13NO2S+. The van der Waals surface area contributed by atoms with Gasteiger partial charge in [0.2, 0.25) is 0 Å². The van der Waals surface area contributed by atoms with Gasteiger partial charge in [-0.3, -0.25) is 0 Å². The van der Waals surface area contributed by atoms with Crippen LogP contribution in [-0.4, -0.2) is 70.7 Å². The minimum absolute atomic E-state index is 0.0782. The molecule has 0 atom stereocenters. The molecule has 0 spiro atoms. The van der Waals surface area contributed by atoms with Gasteiger partial charge in [0.15, 0.2) is 0 Å². The van der Waals surface area contributed by atoms with E-state index in [0.29, 0.717) is 0 Å². The predicted octanol–water partition coefficient (Wildman–Crippen LogP) is 5.52. The number of quaternary nitrogens is 1. The summed E-state index contributed by atoms with van der Waals surface area (Å²) in [6.07, 6.45) is -11.6.